The van der Waals surface area contributed by atoms with Crippen molar-refractivity contribution in [2.24, 2.45) is 0 Å². The molecule has 1 N–H and O–H groups in total. The van der Waals surface area contributed by atoms with E-state index in [4.69, 9.17) is 0 Å². The van der Waals surface area contributed by atoms with E-state index in [1.807, 2.05) is 30.3 Å². The summed E-state index contributed by atoms with van der Waals surface area (Å²) in [6.07, 6.45) is -0.568. The number of aryl methyl sites for hydroxylation is 1. The SMILES string of the molecule is Cc1ccc(C(O)c2ccc(Br)s2)c2ccccc12. The van der Waals surface area contributed by atoms with Crippen molar-refractivity contribution in [3.8, 4) is 0 Å². The summed E-state index contributed by atoms with van der Waals surface area (Å²) >= 11 is 5.01. The van der Waals surface area contributed by atoms with Crippen LogP contribution in [0.2, 0.25) is 0 Å². The van der Waals surface area contributed by atoms with Gasteiger partial charge in [-0.05, 0) is 56.9 Å². The first-order valence-corrected chi connectivity index (χ1v) is 7.69. The van der Waals surface area contributed by atoms with Crippen molar-refractivity contribution in [3.05, 3.63) is 68.3 Å². The third-order valence-electron chi connectivity index (χ3n) is 3.33. The fourth-order valence-electron chi connectivity index (χ4n) is 2.34. The van der Waals surface area contributed by atoms with Crippen molar-refractivity contribution in [1.82, 2.24) is 0 Å². The Morgan fingerprint density at radius 2 is 1.74 bits per heavy atom. The van der Waals surface area contributed by atoms with Gasteiger partial charge in [0.05, 0.1) is 3.79 Å². The first-order chi connectivity index (χ1) is 9.16. The van der Waals surface area contributed by atoms with Crippen molar-refractivity contribution in [2.75, 3.05) is 0 Å². The van der Waals surface area contributed by atoms with Crippen LogP contribution < -0.4 is 0 Å². The molecule has 0 aliphatic rings. The Morgan fingerprint density at radius 3 is 2.42 bits per heavy atom. The number of benzene rings is 2. The molecule has 0 radical (unpaired) electrons. The van der Waals surface area contributed by atoms with Crippen LogP contribution in [0.1, 0.15) is 22.1 Å². The maximum absolute atomic E-state index is 10.6. The predicted octanol–water partition coefficient (Wildman–Crippen LogP) is 5.05. The second kappa shape index (κ2) is 5.08. The number of aliphatic hydroxyl groups excluding tert-OH is 1. The van der Waals surface area contributed by atoms with Gasteiger partial charge < -0.3 is 5.11 Å². The molecule has 96 valence electrons. The molecular weight excluding hydrogens is 320 g/mol. The van der Waals surface area contributed by atoms with E-state index in [0.29, 0.717) is 0 Å². The lowest BCUT2D eigenvalue weighted by Gasteiger charge is -2.13. The lowest BCUT2D eigenvalue weighted by Crippen LogP contribution is -1.98. The molecule has 0 amide bonds. The molecule has 3 aromatic rings. The van der Waals surface area contributed by atoms with Gasteiger partial charge in [0.25, 0.3) is 0 Å². The molecule has 0 fully saturated rings. The molecule has 1 aromatic heterocycles. The van der Waals surface area contributed by atoms with Gasteiger partial charge in [-0.1, -0.05) is 36.4 Å². The first kappa shape index (κ1) is 12.9. The standard InChI is InChI=1S/C16H13BrOS/c1-10-6-7-13(12-5-3-2-4-11(10)12)16(18)14-8-9-15(17)19-14/h2-9,16,18H,1H3. The molecule has 0 aliphatic heterocycles. The minimum atomic E-state index is -0.568. The molecule has 0 saturated carbocycles. The largest absolute Gasteiger partial charge is 0.383 e. The van der Waals surface area contributed by atoms with Gasteiger partial charge in [0.2, 0.25) is 0 Å². The highest BCUT2D eigenvalue weighted by molar-refractivity contribution is 9.11. The van der Waals surface area contributed by atoms with Gasteiger partial charge in [-0.15, -0.1) is 11.3 Å². The molecule has 1 atom stereocenters. The molecule has 3 heteroatoms. The number of hydrogen-bond acceptors (Lipinski definition) is 2. The number of fused-ring (bicyclic) bond motifs is 1. The summed E-state index contributed by atoms with van der Waals surface area (Å²) < 4.78 is 1.04. The first-order valence-electron chi connectivity index (χ1n) is 6.08. The van der Waals surface area contributed by atoms with Crippen molar-refractivity contribution >= 4 is 38.0 Å². The number of rotatable bonds is 2. The molecule has 19 heavy (non-hydrogen) atoms. The van der Waals surface area contributed by atoms with Crippen LogP contribution in [0.15, 0.2) is 52.3 Å². The zero-order chi connectivity index (χ0) is 13.4. The predicted molar refractivity (Wildman–Crippen MR) is 84.8 cm³/mol. The van der Waals surface area contributed by atoms with Crippen molar-refractivity contribution in [2.45, 2.75) is 13.0 Å². The van der Waals surface area contributed by atoms with Crippen LogP contribution in [0.4, 0.5) is 0 Å². The number of halogens is 1. The fraction of sp³-hybridized carbons (Fsp3) is 0.125. The lowest BCUT2D eigenvalue weighted by molar-refractivity contribution is 0.226. The molecule has 0 bridgehead atoms. The Kier molecular flexibility index (Phi) is 3.44. The number of hydrogen-bond donors (Lipinski definition) is 1. The van der Waals surface area contributed by atoms with Crippen LogP contribution in [0, 0.1) is 6.92 Å². The monoisotopic (exact) mass is 332 g/mol. The van der Waals surface area contributed by atoms with Crippen LogP contribution in [0.3, 0.4) is 0 Å². The van der Waals surface area contributed by atoms with E-state index in [1.54, 1.807) is 11.3 Å². The van der Waals surface area contributed by atoms with E-state index in [-0.39, 0.29) is 0 Å². The molecule has 1 heterocycles. The van der Waals surface area contributed by atoms with Gasteiger partial charge >= 0.3 is 0 Å². The van der Waals surface area contributed by atoms with Crippen LogP contribution in [-0.4, -0.2) is 5.11 Å². The minimum absolute atomic E-state index is 0.568. The molecule has 2 aromatic carbocycles. The van der Waals surface area contributed by atoms with E-state index >= 15 is 0 Å². The van der Waals surface area contributed by atoms with Crippen molar-refractivity contribution in [1.29, 1.82) is 0 Å². The summed E-state index contributed by atoms with van der Waals surface area (Å²) in [5.74, 6) is 0. The van der Waals surface area contributed by atoms with Gasteiger partial charge in [0.15, 0.2) is 0 Å². The topological polar surface area (TPSA) is 20.2 Å². The highest BCUT2D eigenvalue weighted by Gasteiger charge is 2.15. The summed E-state index contributed by atoms with van der Waals surface area (Å²) in [5.41, 5.74) is 2.20. The summed E-state index contributed by atoms with van der Waals surface area (Å²) in [5, 5.41) is 12.9. The van der Waals surface area contributed by atoms with Crippen molar-refractivity contribution < 1.29 is 5.11 Å². The number of thiophene rings is 1. The lowest BCUT2D eigenvalue weighted by atomic mass is 9.96. The van der Waals surface area contributed by atoms with Gasteiger partial charge in [0, 0.05) is 4.88 Å². The Bertz CT molecular complexity index is 732. The highest BCUT2D eigenvalue weighted by Crippen LogP contribution is 2.35. The Morgan fingerprint density at radius 1 is 1.00 bits per heavy atom. The second-order valence-electron chi connectivity index (χ2n) is 4.56. The van der Waals surface area contributed by atoms with Gasteiger partial charge in [-0.2, -0.15) is 0 Å². The fourth-order valence-corrected chi connectivity index (χ4v) is 3.77. The third-order valence-corrected chi connectivity index (χ3v) is 5.01. The Hall–Kier alpha value is -1.16. The summed E-state index contributed by atoms with van der Waals surface area (Å²) in [6.45, 7) is 2.10. The molecule has 0 spiro atoms. The van der Waals surface area contributed by atoms with Crippen LogP contribution in [0.5, 0.6) is 0 Å². The van der Waals surface area contributed by atoms with E-state index < -0.39 is 6.10 Å². The minimum Gasteiger partial charge on any atom is -0.383 e. The average molecular weight is 333 g/mol. The number of aliphatic hydroxyl groups is 1. The Labute approximate surface area is 124 Å². The zero-order valence-corrected chi connectivity index (χ0v) is 12.8. The average Bonchev–Trinajstić information content (AvgIpc) is 2.86. The summed E-state index contributed by atoms with van der Waals surface area (Å²) in [4.78, 5) is 0.959. The highest BCUT2D eigenvalue weighted by atomic mass is 79.9. The normalized spacial score (nSPS) is 12.8. The van der Waals surface area contributed by atoms with Crippen LogP contribution in [0.25, 0.3) is 10.8 Å². The molecular formula is C16H13BrOS. The van der Waals surface area contributed by atoms with Gasteiger partial charge in [-0.3, -0.25) is 0 Å². The molecule has 3 rings (SSSR count). The third kappa shape index (κ3) is 2.34. The summed E-state index contributed by atoms with van der Waals surface area (Å²) in [6, 6.07) is 16.3. The molecule has 1 unspecified atom stereocenters. The van der Waals surface area contributed by atoms with E-state index in [9.17, 15) is 5.11 Å². The smallest absolute Gasteiger partial charge is 0.114 e. The van der Waals surface area contributed by atoms with E-state index in [0.717, 1.165) is 19.6 Å². The second-order valence-corrected chi connectivity index (χ2v) is 7.06. The molecule has 1 nitrogen and oxygen atoms in total. The molecule has 0 saturated heterocycles. The Balaban J connectivity index is 2.18. The van der Waals surface area contributed by atoms with Crippen molar-refractivity contribution in [3.63, 3.8) is 0 Å². The van der Waals surface area contributed by atoms with Crippen LogP contribution in [-0.2, 0) is 0 Å². The summed E-state index contributed by atoms with van der Waals surface area (Å²) in [7, 11) is 0. The quantitative estimate of drug-likeness (QED) is 0.695. The van der Waals surface area contributed by atoms with E-state index in [2.05, 4.69) is 41.1 Å². The van der Waals surface area contributed by atoms with E-state index in [1.165, 1.54) is 10.9 Å². The van der Waals surface area contributed by atoms with Gasteiger partial charge in [-0.25, -0.2) is 0 Å². The van der Waals surface area contributed by atoms with Gasteiger partial charge in [0.1, 0.15) is 6.10 Å². The molecule has 0 aliphatic carbocycles. The maximum atomic E-state index is 10.6. The van der Waals surface area contributed by atoms with Crippen LogP contribution >= 0.6 is 27.3 Å². The maximum Gasteiger partial charge on any atom is 0.114 e. The zero-order valence-electron chi connectivity index (χ0n) is 10.4.